The predicted octanol–water partition coefficient (Wildman–Crippen LogP) is 3.37. The maximum atomic E-state index is 11.4. The Morgan fingerprint density at radius 1 is 1.12 bits per heavy atom. The van der Waals surface area contributed by atoms with Crippen molar-refractivity contribution < 1.29 is 9.53 Å². The van der Waals surface area contributed by atoms with Crippen molar-refractivity contribution in [2.45, 2.75) is 19.8 Å². The largest absolute Gasteiger partial charge is 0.497 e. The van der Waals surface area contributed by atoms with Gasteiger partial charge >= 0.3 is 0 Å². The highest BCUT2D eigenvalue weighted by atomic mass is 16.5. The standard InChI is InChI=1S/C15H16O2/c1-3-14(16)9-11-4-5-13-10-15(17-2)7-6-12(13)8-11/h4-8,10H,3,9H2,1-2H3. The molecule has 0 fully saturated rings. The zero-order chi connectivity index (χ0) is 12.3. The molecule has 17 heavy (non-hydrogen) atoms. The summed E-state index contributed by atoms with van der Waals surface area (Å²) in [6.45, 7) is 1.90. The smallest absolute Gasteiger partial charge is 0.136 e. The van der Waals surface area contributed by atoms with Gasteiger partial charge in [-0.3, -0.25) is 4.79 Å². The molecule has 2 aromatic rings. The van der Waals surface area contributed by atoms with Crippen molar-refractivity contribution in [3.8, 4) is 5.75 Å². The van der Waals surface area contributed by atoms with Gasteiger partial charge in [-0.05, 0) is 28.5 Å². The first-order valence-electron chi connectivity index (χ1n) is 5.81. The molecule has 0 N–H and O–H groups in total. The number of Topliss-reactive ketones (excluding diaryl/α,β-unsaturated/α-hetero) is 1. The summed E-state index contributed by atoms with van der Waals surface area (Å²) in [5, 5.41) is 2.28. The number of carbonyl (C=O) groups excluding carboxylic acids is 1. The quantitative estimate of drug-likeness (QED) is 0.802. The minimum Gasteiger partial charge on any atom is -0.497 e. The SMILES string of the molecule is CCC(=O)Cc1ccc2cc(OC)ccc2c1. The number of benzene rings is 2. The van der Waals surface area contributed by atoms with Crippen LogP contribution in [0.2, 0.25) is 0 Å². The number of carbonyl (C=O) groups is 1. The van der Waals surface area contributed by atoms with Gasteiger partial charge < -0.3 is 4.74 Å². The first kappa shape index (κ1) is 11.6. The number of hydrogen-bond acceptors (Lipinski definition) is 2. The molecule has 0 amide bonds. The van der Waals surface area contributed by atoms with Crippen LogP contribution < -0.4 is 4.74 Å². The van der Waals surface area contributed by atoms with E-state index < -0.39 is 0 Å². The topological polar surface area (TPSA) is 26.3 Å². The van der Waals surface area contributed by atoms with Crippen molar-refractivity contribution in [3.63, 3.8) is 0 Å². The van der Waals surface area contributed by atoms with Crippen LogP contribution in [0, 0.1) is 0 Å². The normalized spacial score (nSPS) is 10.5. The molecule has 0 saturated carbocycles. The molecule has 0 saturated heterocycles. The molecule has 0 heterocycles. The Bertz CT molecular complexity index is 544. The van der Waals surface area contributed by atoms with Crippen molar-refractivity contribution in [2.24, 2.45) is 0 Å². The van der Waals surface area contributed by atoms with Crippen LogP contribution in [0.25, 0.3) is 10.8 Å². The van der Waals surface area contributed by atoms with E-state index in [1.807, 2.05) is 37.3 Å². The van der Waals surface area contributed by atoms with Gasteiger partial charge in [-0.1, -0.05) is 31.2 Å². The maximum Gasteiger partial charge on any atom is 0.136 e. The summed E-state index contributed by atoms with van der Waals surface area (Å²) in [4.78, 5) is 11.4. The van der Waals surface area contributed by atoms with Crippen LogP contribution >= 0.6 is 0 Å². The minimum absolute atomic E-state index is 0.276. The Kier molecular flexibility index (Phi) is 3.43. The highest BCUT2D eigenvalue weighted by Crippen LogP contribution is 2.22. The van der Waals surface area contributed by atoms with E-state index in [2.05, 4.69) is 6.07 Å². The van der Waals surface area contributed by atoms with Crippen molar-refractivity contribution in [1.29, 1.82) is 0 Å². The first-order chi connectivity index (χ1) is 8.22. The monoisotopic (exact) mass is 228 g/mol. The van der Waals surface area contributed by atoms with E-state index in [1.54, 1.807) is 7.11 Å². The van der Waals surface area contributed by atoms with Crippen molar-refractivity contribution >= 4 is 16.6 Å². The van der Waals surface area contributed by atoms with E-state index >= 15 is 0 Å². The van der Waals surface area contributed by atoms with Gasteiger partial charge in [0.1, 0.15) is 11.5 Å². The highest BCUT2D eigenvalue weighted by Gasteiger charge is 2.02. The van der Waals surface area contributed by atoms with Gasteiger partial charge in [0.2, 0.25) is 0 Å². The molecule has 0 aliphatic rings. The van der Waals surface area contributed by atoms with E-state index in [0.717, 1.165) is 22.1 Å². The Balaban J connectivity index is 2.34. The molecular formula is C15H16O2. The summed E-state index contributed by atoms with van der Waals surface area (Å²) in [7, 11) is 1.66. The molecule has 0 bridgehead atoms. The predicted molar refractivity (Wildman–Crippen MR) is 69.5 cm³/mol. The Labute approximate surface area is 101 Å². The Morgan fingerprint density at radius 2 is 1.82 bits per heavy atom. The third-order valence-corrected chi connectivity index (χ3v) is 2.91. The summed E-state index contributed by atoms with van der Waals surface area (Å²) in [6.07, 6.45) is 1.12. The molecule has 0 aliphatic heterocycles. The molecule has 2 aromatic carbocycles. The third-order valence-electron chi connectivity index (χ3n) is 2.91. The fraction of sp³-hybridized carbons (Fsp3) is 0.267. The second-order valence-electron chi connectivity index (χ2n) is 4.12. The molecule has 2 nitrogen and oxygen atoms in total. The van der Waals surface area contributed by atoms with Crippen molar-refractivity contribution in [3.05, 3.63) is 42.0 Å². The lowest BCUT2D eigenvalue weighted by molar-refractivity contribution is -0.118. The van der Waals surface area contributed by atoms with Crippen LogP contribution in [-0.2, 0) is 11.2 Å². The fourth-order valence-electron chi connectivity index (χ4n) is 1.86. The summed E-state index contributed by atoms with van der Waals surface area (Å²) in [6, 6.07) is 12.1. The molecule has 0 aromatic heterocycles. The molecule has 0 spiro atoms. The van der Waals surface area contributed by atoms with Crippen LogP contribution in [0.5, 0.6) is 5.75 Å². The Hall–Kier alpha value is -1.83. The number of ether oxygens (including phenoxy) is 1. The van der Waals surface area contributed by atoms with E-state index in [-0.39, 0.29) is 5.78 Å². The van der Waals surface area contributed by atoms with Gasteiger partial charge in [-0.2, -0.15) is 0 Å². The average Bonchev–Trinajstić information content (AvgIpc) is 2.38. The molecule has 0 atom stereocenters. The van der Waals surface area contributed by atoms with Crippen LogP contribution in [0.1, 0.15) is 18.9 Å². The zero-order valence-electron chi connectivity index (χ0n) is 10.2. The zero-order valence-corrected chi connectivity index (χ0v) is 10.2. The molecule has 2 rings (SSSR count). The number of methoxy groups -OCH3 is 1. The summed E-state index contributed by atoms with van der Waals surface area (Å²) >= 11 is 0. The molecular weight excluding hydrogens is 212 g/mol. The van der Waals surface area contributed by atoms with Gasteiger partial charge in [-0.25, -0.2) is 0 Å². The average molecular weight is 228 g/mol. The van der Waals surface area contributed by atoms with Crippen LogP contribution in [0.3, 0.4) is 0 Å². The lowest BCUT2D eigenvalue weighted by Gasteiger charge is -2.05. The van der Waals surface area contributed by atoms with Crippen LogP contribution in [0.4, 0.5) is 0 Å². The van der Waals surface area contributed by atoms with Crippen LogP contribution in [0.15, 0.2) is 36.4 Å². The fourth-order valence-corrected chi connectivity index (χ4v) is 1.86. The highest BCUT2D eigenvalue weighted by molar-refractivity contribution is 5.86. The minimum atomic E-state index is 0.276. The van der Waals surface area contributed by atoms with E-state index in [4.69, 9.17) is 4.74 Å². The van der Waals surface area contributed by atoms with Gasteiger partial charge in [-0.15, -0.1) is 0 Å². The molecule has 0 aliphatic carbocycles. The van der Waals surface area contributed by atoms with Crippen molar-refractivity contribution in [1.82, 2.24) is 0 Å². The second-order valence-corrected chi connectivity index (χ2v) is 4.12. The number of fused-ring (bicyclic) bond motifs is 1. The molecule has 0 radical (unpaired) electrons. The summed E-state index contributed by atoms with van der Waals surface area (Å²) in [5.41, 5.74) is 1.08. The summed E-state index contributed by atoms with van der Waals surface area (Å²) in [5.74, 6) is 1.13. The number of hydrogen-bond donors (Lipinski definition) is 0. The van der Waals surface area contributed by atoms with Gasteiger partial charge in [0.25, 0.3) is 0 Å². The summed E-state index contributed by atoms with van der Waals surface area (Å²) < 4.78 is 5.18. The molecule has 88 valence electrons. The third kappa shape index (κ3) is 2.64. The number of ketones is 1. The van der Waals surface area contributed by atoms with Gasteiger partial charge in [0.15, 0.2) is 0 Å². The lowest BCUT2D eigenvalue weighted by atomic mass is 10.0. The lowest BCUT2D eigenvalue weighted by Crippen LogP contribution is -1.99. The number of rotatable bonds is 4. The van der Waals surface area contributed by atoms with E-state index in [9.17, 15) is 4.79 Å². The van der Waals surface area contributed by atoms with E-state index in [1.165, 1.54) is 0 Å². The first-order valence-corrected chi connectivity index (χ1v) is 5.81. The van der Waals surface area contributed by atoms with Crippen LogP contribution in [-0.4, -0.2) is 12.9 Å². The molecule has 2 heteroatoms. The van der Waals surface area contributed by atoms with Gasteiger partial charge in [0.05, 0.1) is 7.11 Å². The molecule has 0 unspecified atom stereocenters. The maximum absolute atomic E-state index is 11.4. The van der Waals surface area contributed by atoms with Crippen molar-refractivity contribution in [2.75, 3.05) is 7.11 Å². The van der Waals surface area contributed by atoms with E-state index in [0.29, 0.717) is 12.8 Å². The second kappa shape index (κ2) is 5.00. The van der Waals surface area contributed by atoms with Gasteiger partial charge in [0, 0.05) is 12.8 Å². The Morgan fingerprint density at radius 3 is 2.53 bits per heavy atom.